The van der Waals surface area contributed by atoms with Crippen LogP contribution in [0.25, 0.3) is 0 Å². The molecule has 9 heteroatoms. The first-order valence-electron chi connectivity index (χ1n) is 9.92. The highest BCUT2D eigenvalue weighted by atomic mass is 32.2. The Hall–Kier alpha value is -2.52. The summed E-state index contributed by atoms with van der Waals surface area (Å²) in [5, 5.41) is 2.64. The Kier molecular flexibility index (Phi) is 6.14. The minimum Gasteiger partial charge on any atom is -0.326 e. The number of hydrogen-bond acceptors (Lipinski definition) is 5. The maximum Gasteiger partial charge on any atom is 0.241 e. The molecule has 0 saturated carbocycles. The zero-order valence-corrected chi connectivity index (χ0v) is 18.2. The van der Waals surface area contributed by atoms with Gasteiger partial charge in [0.15, 0.2) is 0 Å². The van der Waals surface area contributed by atoms with Crippen LogP contribution >= 0.6 is 0 Å². The second-order valence-electron chi connectivity index (χ2n) is 8.67. The number of benzene rings is 1. The fourth-order valence-electron chi connectivity index (χ4n) is 3.73. The largest absolute Gasteiger partial charge is 0.326 e. The predicted octanol–water partition coefficient (Wildman–Crippen LogP) is 2.04. The van der Waals surface area contributed by atoms with Gasteiger partial charge in [0.2, 0.25) is 27.7 Å². The number of rotatable bonds is 6. The topological polar surface area (TPSA) is 113 Å². The van der Waals surface area contributed by atoms with Crippen LogP contribution in [-0.2, 0) is 24.4 Å². The molecule has 2 aliphatic rings. The third-order valence-corrected chi connectivity index (χ3v) is 6.79. The monoisotopic (exact) mass is 433 g/mol. The van der Waals surface area contributed by atoms with Crippen LogP contribution in [0.5, 0.6) is 0 Å². The van der Waals surface area contributed by atoms with Gasteiger partial charge in [-0.2, -0.15) is 0 Å². The first kappa shape index (κ1) is 22.2. The molecule has 3 rings (SSSR count). The van der Waals surface area contributed by atoms with E-state index in [1.165, 1.54) is 23.1 Å². The highest BCUT2D eigenvalue weighted by Gasteiger charge is 2.46. The van der Waals surface area contributed by atoms with Crippen molar-refractivity contribution < 1.29 is 22.8 Å². The van der Waals surface area contributed by atoms with Gasteiger partial charge in [-0.1, -0.05) is 18.2 Å². The van der Waals surface area contributed by atoms with E-state index in [-0.39, 0.29) is 41.5 Å². The minimum atomic E-state index is -3.73. The molecule has 1 saturated heterocycles. The molecule has 1 aromatic carbocycles. The summed E-state index contributed by atoms with van der Waals surface area (Å²) in [5.41, 5.74) is -0.312. The lowest BCUT2D eigenvalue weighted by molar-refractivity contribution is -0.140. The molecular weight excluding hydrogens is 406 g/mol. The van der Waals surface area contributed by atoms with E-state index in [0.717, 1.165) is 0 Å². The zero-order chi connectivity index (χ0) is 22.1. The van der Waals surface area contributed by atoms with Crippen LogP contribution in [0.1, 0.15) is 40.0 Å². The van der Waals surface area contributed by atoms with Crippen LogP contribution in [0.4, 0.5) is 5.69 Å². The number of anilines is 1. The van der Waals surface area contributed by atoms with Gasteiger partial charge in [-0.05, 0) is 51.8 Å². The molecule has 1 aromatic rings. The Labute approximate surface area is 176 Å². The summed E-state index contributed by atoms with van der Waals surface area (Å²) in [6.07, 6.45) is 4.89. The SMILES string of the molecule is CC(C)(C)NS(=O)(=O)c1cccc(NC(=O)CCN2C(=O)[C@H]3CC=CC[C@H]3C2=O)c1. The second-order valence-corrected chi connectivity index (χ2v) is 10.3. The second kappa shape index (κ2) is 8.31. The van der Waals surface area contributed by atoms with Crippen molar-refractivity contribution in [1.82, 2.24) is 9.62 Å². The van der Waals surface area contributed by atoms with E-state index < -0.39 is 21.5 Å². The molecule has 2 N–H and O–H groups in total. The molecule has 0 spiro atoms. The van der Waals surface area contributed by atoms with Gasteiger partial charge in [0.05, 0.1) is 16.7 Å². The van der Waals surface area contributed by atoms with Crippen molar-refractivity contribution in [3.63, 3.8) is 0 Å². The number of imide groups is 1. The number of hydrogen-bond donors (Lipinski definition) is 2. The summed E-state index contributed by atoms with van der Waals surface area (Å²) in [5.74, 6) is -1.47. The number of sulfonamides is 1. The molecule has 0 unspecified atom stereocenters. The maximum absolute atomic E-state index is 12.5. The number of allylic oxidation sites excluding steroid dienone is 2. The number of nitrogens with zero attached hydrogens (tertiary/aromatic N) is 1. The standard InChI is InChI=1S/C21H27N3O5S/c1-21(2,3)23-30(28,29)15-8-6-7-14(13-15)22-18(25)11-12-24-19(26)16-9-4-5-10-17(16)20(24)27/h4-8,13,16-17,23H,9-12H2,1-3H3,(H,22,25)/t16-,17+. The Morgan fingerprint density at radius 3 is 2.27 bits per heavy atom. The fraction of sp³-hybridized carbons (Fsp3) is 0.476. The first-order valence-corrected chi connectivity index (χ1v) is 11.4. The predicted molar refractivity (Wildman–Crippen MR) is 112 cm³/mol. The van der Waals surface area contributed by atoms with Gasteiger partial charge in [0, 0.05) is 24.2 Å². The molecule has 162 valence electrons. The average Bonchev–Trinajstić information content (AvgIpc) is 2.89. The summed E-state index contributed by atoms with van der Waals surface area (Å²) in [6, 6.07) is 5.94. The van der Waals surface area contributed by atoms with Crippen molar-refractivity contribution in [2.24, 2.45) is 11.8 Å². The normalized spacial score (nSPS) is 21.6. The number of likely N-dealkylation sites (tertiary alicyclic amines) is 1. The van der Waals surface area contributed by atoms with Crippen molar-refractivity contribution in [3.8, 4) is 0 Å². The van der Waals surface area contributed by atoms with Crippen molar-refractivity contribution in [2.45, 2.75) is 50.5 Å². The van der Waals surface area contributed by atoms with Crippen molar-refractivity contribution >= 4 is 33.4 Å². The highest BCUT2D eigenvalue weighted by Crippen LogP contribution is 2.35. The first-order chi connectivity index (χ1) is 14.0. The van der Waals surface area contributed by atoms with E-state index in [2.05, 4.69) is 10.0 Å². The van der Waals surface area contributed by atoms with Gasteiger partial charge < -0.3 is 5.32 Å². The molecule has 1 aliphatic carbocycles. The smallest absolute Gasteiger partial charge is 0.241 e. The molecule has 1 fully saturated rings. The van der Waals surface area contributed by atoms with Crippen LogP contribution in [-0.4, -0.2) is 43.1 Å². The number of carbonyl (C=O) groups is 3. The summed E-state index contributed by atoms with van der Waals surface area (Å²) in [6.45, 7) is 5.23. The molecular formula is C21H27N3O5S. The summed E-state index contributed by atoms with van der Waals surface area (Å²) in [7, 11) is -3.73. The van der Waals surface area contributed by atoms with E-state index >= 15 is 0 Å². The third kappa shape index (κ3) is 4.96. The molecule has 2 atom stereocenters. The van der Waals surface area contributed by atoms with Gasteiger partial charge in [-0.25, -0.2) is 13.1 Å². The third-order valence-electron chi connectivity index (χ3n) is 5.03. The van der Waals surface area contributed by atoms with Crippen LogP contribution in [0.3, 0.4) is 0 Å². The molecule has 0 radical (unpaired) electrons. The van der Waals surface area contributed by atoms with E-state index in [9.17, 15) is 22.8 Å². The number of nitrogens with one attached hydrogen (secondary N) is 2. The van der Waals surface area contributed by atoms with Gasteiger partial charge in [-0.3, -0.25) is 19.3 Å². The summed E-state index contributed by atoms with van der Waals surface area (Å²) < 4.78 is 27.5. The molecule has 0 bridgehead atoms. The Balaban J connectivity index is 1.61. The van der Waals surface area contributed by atoms with Crippen LogP contribution in [0.15, 0.2) is 41.3 Å². The Morgan fingerprint density at radius 1 is 1.10 bits per heavy atom. The lowest BCUT2D eigenvalue weighted by Gasteiger charge is -2.20. The minimum absolute atomic E-state index is 0.0140. The van der Waals surface area contributed by atoms with Crippen molar-refractivity contribution in [3.05, 3.63) is 36.4 Å². The van der Waals surface area contributed by atoms with E-state index in [0.29, 0.717) is 18.5 Å². The molecule has 1 aliphatic heterocycles. The highest BCUT2D eigenvalue weighted by molar-refractivity contribution is 7.89. The molecule has 30 heavy (non-hydrogen) atoms. The van der Waals surface area contributed by atoms with Crippen LogP contribution in [0.2, 0.25) is 0 Å². The Bertz CT molecular complexity index is 968. The van der Waals surface area contributed by atoms with E-state index in [4.69, 9.17) is 0 Å². The van der Waals surface area contributed by atoms with Gasteiger partial charge in [-0.15, -0.1) is 0 Å². The average molecular weight is 434 g/mol. The molecule has 1 heterocycles. The fourth-order valence-corrected chi connectivity index (χ4v) is 5.19. The summed E-state index contributed by atoms with van der Waals surface area (Å²) >= 11 is 0. The number of carbonyl (C=O) groups excluding carboxylic acids is 3. The van der Waals surface area contributed by atoms with Crippen LogP contribution in [0, 0.1) is 11.8 Å². The molecule has 8 nitrogen and oxygen atoms in total. The van der Waals surface area contributed by atoms with Crippen molar-refractivity contribution in [1.29, 1.82) is 0 Å². The lowest BCUT2D eigenvalue weighted by Crippen LogP contribution is -2.40. The number of amides is 3. The zero-order valence-electron chi connectivity index (χ0n) is 17.3. The quantitative estimate of drug-likeness (QED) is 0.527. The van der Waals surface area contributed by atoms with E-state index in [1.54, 1.807) is 26.8 Å². The van der Waals surface area contributed by atoms with Crippen LogP contribution < -0.4 is 10.0 Å². The van der Waals surface area contributed by atoms with Gasteiger partial charge in [0.1, 0.15) is 0 Å². The summed E-state index contributed by atoms with van der Waals surface area (Å²) in [4.78, 5) is 38.5. The lowest BCUT2D eigenvalue weighted by atomic mass is 9.85. The molecule has 0 aromatic heterocycles. The van der Waals surface area contributed by atoms with Crippen molar-refractivity contribution in [2.75, 3.05) is 11.9 Å². The van der Waals surface area contributed by atoms with E-state index in [1.807, 2.05) is 12.2 Å². The Morgan fingerprint density at radius 2 is 1.70 bits per heavy atom. The molecule has 3 amide bonds. The van der Waals surface area contributed by atoms with Gasteiger partial charge in [0.25, 0.3) is 0 Å². The van der Waals surface area contributed by atoms with Gasteiger partial charge >= 0.3 is 0 Å². The maximum atomic E-state index is 12.5. The number of fused-ring (bicyclic) bond motifs is 1.